The van der Waals surface area contributed by atoms with Crippen LogP contribution in [0.5, 0.6) is 0 Å². The lowest BCUT2D eigenvalue weighted by molar-refractivity contribution is 0.373. The fourth-order valence-electron chi connectivity index (χ4n) is 3.10. The molecule has 1 aromatic carbocycles. The summed E-state index contributed by atoms with van der Waals surface area (Å²) in [5.74, 6) is 0.848. The Bertz CT molecular complexity index is 556. The number of nitrogens with zero attached hydrogens (tertiary/aromatic N) is 1. The van der Waals surface area contributed by atoms with Crippen molar-refractivity contribution >= 4 is 16.6 Å². The Hall–Kier alpha value is -1.57. The van der Waals surface area contributed by atoms with Gasteiger partial charge in [-0.05, 0) is 37.8 Å². The van der Waals surface area contributed by atoms with Crippen molar-refractivity contribution in [1.82, 2.24) is 4.98 Å². The number of benzene rings is 1. The van der Waals surface area contributed by atoms with Crippen molar-refractivity contribution in [1.29, 1.82) is 0 Å². The van der Waals surface area contributed by atoms with E-state index in [1.165, 1.54) is 43.2 Å². The number of anilines is 1. The first-order chi connectivity index (χ1) is 9.33. The van der Waals surface area contributed by atoms with E-state index < -0.39 is 0 Å². The van der Waals surface area contributed by atoms with Crippen LogP contribution in [0.2, 0.25) is 0 Å². The van der Waals surface area contributed by atoms with Crippen LogP contribution >= 0.6 is 0 Å². The molecule has 0 atom stereocenters. The lowest BCUT2D eigenvalue weighted by Gasteiger charge is -2.22. The van der Waals surface area contributed by atoms with Gasteiger partial charge >= 0.3 is 0 Å². The maximum atomic E-state index is 4.59. The second-order valence-corrected chi connectivity index (χ2v) is 5.71. The zero-order valence-corrected chi connectivity index (χ0v) is 11.7. The standard InChI is InChI=1S/C17H22N2/c1-13-11-17(15-9-5-6-10-16(15)19-13)18-12-14-7-3-2-4-8-14/h5-6,9-11,14H,2-4,7-8,12H2,1H3,(H,18,19). The number of rotatable bonds is 3. The van der Waals surface area contributed by atoms with E-state index in [0.717, 1.165) is 23.7 Å². The molecule has 100 valence electrons. The molecular weight excluding hydrogens is 232 g/mol. The third-order valence-electron chi connectivity index (χ3n) is 4.15. The maximum Gasteiger partial charge on any atom is 0.0725 e. The van der Waals surface area contributed by atoms with Crippen LogP contribution < -0.4 is 5.32 Å². The zero-order valence-electron chi connectivity index (χ0n) is 11.7. The van der Waals surface area contributed by atoms with E-state index in [1.54, 1.807) is 0 Å². The Balaban J connectivity index is 1.79. The number of nitrogens with one attached hydrogen (secondary N) is 1. The summed E-state index contributed by atoms with van der Waals surface area (Å²) in [5.41, 5.74) is 3.42. The van der Waals surface area contributed by atoms with Crippen LogP contribution in [0, 0.1) is 12.8 Å². The third-order valence-corrected chi connectivity index (χ3v) is 4.15. The van der Waals surface area contributed by atoms with Crippen LogP contribution in [0.4, 0.5) is 5.69 Å². The minimum Gasteiger partial charge on any atom is -0.384 e. The predicted octanol–water partition coefficient (Wildman–Crippen LogP) is 4.54. The van der Waals surface area contributed by atoms with E-state index >= 15 is 0 Å². The lowest BCUT2D eigenvalue weighted by atomic mass is 9.89. The molecule has 1 aliphatic rings. The highest BCUT2D eigenvalue weighted by Crippen LogP contribution is 2.26. The van der Waals surface area contributed by atoms with Gasteiger partial charge < -0.3 is 5.32 Å². The summed E-state index contributed by atoms with van der Waals surface area (Å²) < 4.78 is 0. The smallest absolute Gasteiger partial charge is 0.0725 e. The van der Waals surface area contributed by atoms with Gasteiger partial charge in [0.2, 0.25) is 0 Å². The molecule has 1 aliphatic carbocycles. The molecule has 0 saturated heterocycles. The Morgan fingerprint density at radius 3 is 2.79 bits per heavy atom. The highest BCUT2D eigenvalue weighted by atomic mass is 14.9. The molecule has 0 aliphatic heterocycles. The Labute approximate surface area is 115 Å². The van der Waals surface area contributed by atoms with Crippen molar-refractivity contribution in [3.05, 3.63) is 36.0 Å². The third kappa shape index (κ3) is 2.89. The first-order valence-electron chi connectivity index (χ1n) is 7.43. The molecule has 1 saturated carbocycles. The lowest BCUT2D eigenvalue weighted by Crippen LogP contribution is -2.17. The van der Waals surface area contributed by atoms with E-state index in [9.17, 15) is 0 Å². The van der Waals surface area contributed by atoms with Gasteiger partial charge in [0.05, 0.1) is 5.52 Å². The van der Waals surface area contributed by atoms with Crippen LogP contribution in [-0.4, -0.2) is 11.5 Å². The molecule has 1 fully saturated rings. The summed E-state index contributed by atoms with van der Waals surface area (Å²) in [6, 6.07) is 10.6. The molecule has 0 bridgehead atoms. The summed E-state index contributed by atoms with van der Waals surface area (Å²) >= 11 is 0. The monoisotopic (exact) mass is 254 g/mol. The van der Waals surface area contributed by atoms with Crippen LogP contribution in [-0.2, 0) is 0 Å². The van der Waals surface area contributed by atoms with Crippen LogP contribution in [0.15, 0.2) is 30.3 Å². The predicted molar refractivity (Wildman–Crippen MR) is 81.5 cm³/mol. The molecule has 0 unspecified atom stereocenters. The first-order valence-corrected chi connectivity index (χ1v) is 7.43. The van der Waals surface area contributed by atoms with Crippen molar-refractivity contribution in [2.75, 3.05) is 11.9 Å². The summed E-state index contributed by atoms with van der Waals surface area (Å²) in [4.78, 5) is 4.59. The summed E-state index contributed by atoms with van der Waals surface area (Å²) in [6.07, 6.45) is 7.00. The number of pyridine rings is 1. The van der Waals surface area contributed by atoms with Crippen molar-refractivity contribution in [3.63, 3.8) is 0 Å². The molecule has 2 aromatic rings. The highest BCUT2D eigenvalue weighted by Gasteiger charge is 2.13. The SMILES string of the molecule is Cc1cc(NCC2CCCCC2)c2ccccc2n1. The molecule has 1 N–H and O–H groups in total. The van der Waals surface area contributed by atoms with Crippen molar-refractivity contribution in [3.8, 4) is 0 Å². The zero-order chi connectivity index (χ0) is 13.1. The second-order valence-electron chi connectivity index (χ2n) is 5.71. The van der Waals surface area contributed by atoms with E-state index in [-0.39, 0.29) is 0 Å². The van der Waals surface area contributed by atoms with Gasteiger partial charge in [0.15, 0.2) is 0 Å². The van der Waals surface area contributed by atoms with Gasteiger partial charge in [-0.1, -0.05) is 37.5 Å². The Morgan fingerprint density at radius 1 is 1.16 bits per heavy atom. The van der Waals surface area contributed by atoms with Crippen LogP contribution in [0.25, 0.3) is 10.9 Å². The van der Waals surface area contributed by atoms with E-state index in [1.807, 2.05) is 0 Å². The Morgan fingerprint density at radius 2 is 1.95 bits per heavy atom. The van der Waals surface area contributed by atoms with Gasteiger partial charge in [0, 0.05) is 23.3 Å². The van der Waals surface area contributed by atoms with Gasteiger partial charge in [-0.3, -0.25) is 4.98 Å². The number of aryl methyl sites for hydroxylation is 1. The van der Waals surface area contributed by atoms with Crippen molar-refractivity contribution in [2.45, 2.75) is 39.0 Å². The quantitative estimate of drug-likeness (QED) is 0.870. The summed E-state index contributed by atoms with van der Waals surface area (Å²) in [6.45, 7) is 3.17. The average molecular weight is 254 g/mol. The van der Waals surface area contributed by atoms with Gasteiger partial charge in [-0.15, -0.1) is 0 Å². The van der Waals surface area contributed by atoms with Crippen molar-refractivity contribution < 1.29 is 0 Å². The molecule has 3 rings (SSSR count). The average Bonchev–Trinajstić information content (AvgIpc) is 2.45. The minimum atomic E-state index is 0.848. The number of fused-ring (bicyclic) bond motifs is 1. The molecule has 1 heterocycles. The highest BCUT2D eigenvalue weighted by molar-refractivity contribution is 5.91. The van der Waals surface area contributed by atoms with E-state index in [4.69, 9.17) is 0 Å². The number of hydrogen-bond acceptors (Lipinski definition) is 2. The molecule has 19 heavy (non-hydrogen) atoms. The number of aromatic nitrogens is 1. The molecular formula is C17H22N2. The fraction of sp³-hybridized carbons (Fsp3) is 0.471. The summed E-state index contributed by atoms with van der Waals surface area (Å²) in [5, 5.41) is 4.90. The molecule has 0 amide bonds. The van der Waals surface area contributed by atoms with Crippen LogP contribution in [0.1, 0.15) is 37.8 Å². The number of para-hydroxylation sites is 1. The van der Waals surface area contributed by atoms with E-state index in [0.29, 0.717) is 0 Å². The minimum absolute atomic E-state index is 0.848. The van der Waals surface area contributed by atoms with Crippen LogP contribution in [0.3, 0.4) is 0 Å². The molecule has 1 aromatic heterocycles. The fourth-order valence-corrected chi connectivity index (χ4v) is 3.10. The van der Waals surface area contributed by atoms with Crippen molar-refractivity contribution in [2.24, 2.45) is 5.92 Å². The first kappa shape index (κ1) is 12.5. The largest absolute Gasteiger partial charge is 0.384 e. The molecule has 0 spiro atoms. The van der Waals surface area contributed by atoms with Gasteiger partial charge in [-0.2, -0.15) is 0 Å². The normalized spacial score (nSPS) is 16.7. The molecule has 0 radical (unpaired) electrons. The molecule has 2 heteroatoms. The second kappa shape index (κ2) is 5.60. The number of hydrogen-bond donors (Lipinski definition) is 1. The van der Waals surface area contributed by atoms with Gasteiger partial charge in [0.1, 0.15) is 0 Å². The van der Waals surface area contributed by atoms with Gasteiger partial charge in [0.25, 0.3) is 0 Å². The van der Waals surface area contributed by atoms with E-state index in [2.05, 4.69) is 47.6 Å². The molecule has 2 nitrogen and oxygen atoms in total. The van der Waals surface area contributed by atoms with Gasteiger partial charge in [-0.25, -0.2) is 0 Å². The maximum absolute atomic E-state index is 4.59. The topological polar surface area (TPSA) is 24.9 Å². The summed E-state index contributed by atoms with van der Waals surface area (Å²) in [7, 11) is 0. The Kier molecular flexibility index (Phi) is 3.67.